The SMILES string of the molecule is Cc1cc(S(C)(=O)=O)ccc1-c1nncc2cc(Cc3ccc(F)cc3)ccc12. The number of rotatable bonds is 4. The van der Waals surface area contributed by atoms with E-state index in [4.69, 9.17) is 0 Å². The third-order valence-corrected chi connectivity index (χ3v) is 6.04. The van der Waals surface area contributed by atoms with Gasteiger partial charge in [-0.15, -0.1) is 5.10 Å². The lowest BCUT2D eigenvalue weighted by molar-refractivity contribution is 0.602. The Morgan fingerprint density at radius 2 is 1.66 bits per heavy atom. The van der Waals surface area contributed by atoms with Crippen molar-refractivity contribution >= 4 is 20.6 Å². The van der Waals surface area contributed by atoms with Crippen molar-refractivity contribution in [3.05, 3.63) is 89.4 Å². The van der Waals surface area contributed by atoms with Gasteiger partial charge in [0.25, 0.3) is 0 Å². The normalized spacial score (nSPS) is 11.7. The standard InChI is InChI=1S/C23H19FN2O2S/c1-15-11-20(29(2,27)28)8-10-21(15)23-22-9-5-17(13-18(22)14-25-26-23)12-16-3-6-19(24)7-4-16/h3-11,13-14H,12H2,1-2H3. The van der Waals surface area contributed by atoms with Crippen LogP contribution in [0.2, 0.25) is 0 Å². The van der Waals surface area contributed by atoms with Gasteiger partial charge in [-0.25, -0.2) is 12.8 Å². The Hall–Kier alpha value is -3.12. The largest absolute Gasteiger partial charge is 0.224 e. The smallest absolute Gasteiger partial charge is 0.175 e. The van der Waals surface area contributed by atoms with E-state index in [1.54, 1.807) is 36.5 Å². The number of fused-ring (bicyclic) bond motifs is 1. The summed E-state index contributed by atoms with van der Waals surface area (Å²) in [6, 6.07) is 17.6. The lowest BCUT2D eigenvalue weighted by atomic mass is 9.98. The van der Waals surface area contributed by atoms with Gasteiger partial charge in [-0.2, -0.15) is 5.10 Å². The third-order valence-electron chi connectivity index (χ3n) is 4.93. The second-order valence-electron chi connectivity index (χ2n) is 7.17. The van der Waals surface area contributed by atoms with Crippen molar-refractivity contribution in [2.24, 2.45) is 0 Å². The molecule has 0 saturated heterocycles. The highest BCUT2D eigenvalue weighted by Gasteiger charge is 2.13. The maximum Gasteiger partial charge on any atom is 0.175 e. The molecule has 0 spiro atoms. The molecule has 0 unspecified atom stereocenters. The van der Waals surface area contributed by atoms with Gasteiger partial charge in [0.1, 0.15) is 11.5 Å². The first-order valence-corrected chi connectivity index (χ1v) is 11.0. The predicted molar refractivity (Wildman–Crippen MR) is 112 cm³/mol. The van der Waals surface area contributed by atoms with Gasteiger partial charge in [-0.3, -0.25) is 0 Å². The van der Waals surface area contributed by atoms with Crippen LogP contribution in [0.15, 0.2) is 71.8 Å². The minimum absolute atomic E-state index is 0.246. The van der Waals surface area contributed by atoms with Gasteiger partial charge >= 0.3 is 0 Å². The molecular formula is C23H19FN2O2S. The minimum atomic E-state index is -3.26. The average molecular weight is 406 g/mol. The number of halogens is 1. The number of aryl methyl sites for hydroxylation is 1. The van der Waals surface area contributed by atoms with Crippen LogP contribution in [0.3, 0.4) is 0 Å². The molecule has 0 radical (unpaired) electrons. The Balaban J connectivity index is 1.74. The third kappa shape index (κ3) is 4.03. The van der Waals surface area contributed by atoms with Crippen LogP contribution in [-0.2, 0) is 16.3 Å². The second kappa shape index (κ2) is 7.37. The van der Waals surface area contributed by atoms with Crippen molar-refractivity contribution in [2.75, 3.05) is 6.26 Å². The van der Waals surface area contributed by atoms with Gasteiger partial charge < -0.3 is 0 Å². The quantitative estimate of drug-likeness (QED) is 0.491. The summed E-state index contributed by atoms with van der Waals surface area (Å²) in [5.41, 5.74) is 4.51. The van der Waals surface area contributed by atoms with Gasteiger partial charge in [-0.1, -0.05) is 30.3 Å². The molecular weight excluding hydrogens is 387 g/mol. The Labute approximate surface area is 169 Å². The number of hydrogen-bond donors (Lipinski definition) is 0. The highest BCUT2D eigenvalue weighted by Crippen LogP contribution is 2.30. The van der Waals surface area contributed by atoms with Crippen LogP contribution in [0.1, 0.15) is 16.7 Å². The molecule has 0 N–H and O–H groups in total. The van der Waals surface area contributed by atoms with E-state index in [1.165, 1.54) is 18.4 Å². The molecule has 0 aliphatic rings. The molecule has 0 amide bonds. The van der Waals surface area contributed by atoms with E-state index in [-0.39, 0.29) is 10.7 Å². The maximum atomic E-state index is 13.1. The second-order valence-corrected chi connectivity index (χ2v) is 9.18. The van der Waals surface area contributed by atoms with E-state index in [0.717, 1.165) is 33.0 Å². The molecule has 0 fully saturated rings. The zero-order valence-corrected chi connectivity index (χ0v) is 16.9. The molecule has 1 heterocycles. The molecule has 3 aromatic carbocycles. The van der Waals surface area contributed by atoms with Crippen LogP contribution < -0.4 is 0 Å². The maximum absolute atomic E-state index is 13.1. The van der Waals surface area contributed by atoms with E-state index in [9.17, 15) is 12.8 Å². The van der Waals surface area contributed by atoms with Crippen LogP contribution in [0.4, 0.5) is 4.39 Å². The van der Waals surface area contributed by atoms with E-state index in [2.05, 4.69) is 16.3 Å². The molecule has 0 atom stereocenters. The Morgan fingerprint density at radius 1 is 0.931 bits per heavy atom. The summed E-state index contributed by atoms with van der Waals surface area (Å²) in [6.45, 7) is 1.87. The zero-order valence-electron chi connectivity index (χ0n) is 16.1. The van der Waals surface area contributed by atoms with E-state index < -0.39 is 9.84 Å². The van der Waals surface area contributed by atoms with Gasteiger partial charge in [0.15, 0.2) is 9.84 Å². The van der Waals surface area contributed by atoms with Crippen LogP contribution in [0.5, 0.6) is 0 Å². The topological polar surface area (TPSA) is 59.9 Å². The van der Waals surface area contributed by atoms with Crippen molar-refractivity contribution in [1.29, 1.82) is 0 Å². The highest BCUT2D eigenvalue weighted by atomic mass is 32.2. The summed E-state index contributed by atoms with van der Waals surface area (Å²) in [4.78, 5) is 0.286. The fraction of sp³-hybridized carbons (Fsp3) is 0.130. The molecule has 6 heteroatoms. The number of sulfone groups is 1. The molecule has 146 valence electrons. The van der Waals surface area contributed by atoms with Crippen LogP contribution in [0.25, 0.3) is 22.0 Å². The van der Waals surface area contributed by atoms with E-state index in [0.29, 0.717) is 12.1 Å². The first-order chi connectivity index (χ1) is 13.8. The van der Waals surface area contributed by atoms with Crippen LogP contribution >= 0.6 is 0 Å². The van der Waals surface area contributed by atoms with Gasteiger partial charge in [0.2, 0.25) is 0 Å². The summed E-state index contributed by atoms with van der Waals surface area (Å²) in [5, 5.41) is 10.3. The molecule has 0 bridgehead atoms. The van der Waals surface area contributed by atoms with E-state index >= 15 is 0 Å². The monoisotopic (exact) mass is 406 g/mol. The molecule has 1 aromatic heterocycles. The molecule has 0 aliphatic heterocycles. The first kappa shape index (κ1) is 19.2. The minimum Gasteiger partial charge on any atom is -0.224 e. The lowest BCUT2D eigenvalue weighted by Crippen LogP contribution is -1.99. The molecule has 29 heavy (non-hydrogen) atoms. The summed E-state index contributed by atoms with van der Waals surface area (Å²) in [5.74, 6) is -0.246. The summed E-state index contributed by atoms with van der Waals surface area (Å²) in [6.07, 6.45) is 3.60. The Morgan fingerprint density at radius 3 is 2.34 bits per heavy atom. The van der Waals surface area contributed by atoms with Crippen molar-refractivity contribution in [1.82, 2.24) is 10.2 Å². The fourth-order valence-electron chi connectivity index (χ4n) is 3.42. The molecule has 0 saturated carbocycles. The number of aromatic nitrogens is 2. The Bertz CT molecular complexity index is 1320. The van der Waals surface area contributed by atoms with E-state index in [1.807, 2.05) is 19.1 Å². The number of nitrogens with zero attached hydrogens (tertiary/aromatic N) is 2. The fourth-order valence-corrected chi connectivity index (χ4v) is 4.12. The van der Waals surface area contributed by atoms with Crippen molar-refractivity contribution in [3.8, 4) is 11.3 Å². The molecule has 0 aliphatic carbocycles. The Kier molecular flexibility index (Phi) is 4.88. The molecule has 4 rings (SSSR count). The number of hydrogen-bond acceptors (Lipinski definition) is 4. The first-order valence-electron chi connectivity index (χ1n) is 9.11. The van der Waals surface area contributed by atoms with Gasteiger partial charge in [0, 0.05) is 22.6 Å². The predicted octanol–water partition coefficient (Wildman–Crippen LogP) is 4.74. The average Bonchev–Trinajstić information content (AvgIpc) is 2.68. The summed E-state index contributed by atoms with van der Waals surface area (Å²) < 4.78 is 36.7. The summed E-state index contributed by atoms with van der Waals surface area (Å²) in [7, 11) is -3.26. The summed E-state index contributed by atoms with van der Waals surface area (Å²) >= 11 is 0. The van der Waals surface area contributed by atoms with Gasteiger partial charge in [0.05, 0.1) is 11.1 Å². The number of benzene rings is 3. The molecule has 4 aromatic rings. The zero-order chi connectivity index (χ0) is 20.6. The molecule has 4 nitrogen and oxygen atoms in total. The van der Waals surface area contributed by atoms with Crippen molar-refractivity contribution in [2.45, 2.75) is 18.2 Å². The van der Waals surface area contributed by atoms with Crippen molar-refractivity contribution < 1.29 is 12.8 Å². The van der Waals surface area contributed by atoms with Crippen LogP contribution in [0, 0.1) is 12.7 Å². The lowest BCUT2D eigenvalue weighted by Gasteiger charge is -2.10. The highest BCUT2D eigenvalue weighted by molar-refractivity contribution is 7.90. The van der Waals surface area contributed by atoms with Crippen LogP contribution in [-0.4, -0.2) is 24.9 Å². The van der Waals surface area contributed by atoms with Gasteiger partial charge in [-0.05, 0) is 60.4 Å². The van der Waals surface area contributed by atoms with Crippen molar-refractivity contribution in [3.63, 3.8) is 0 Å².